The zero-order valence-corrected chi connectivity index (χ0v) is 14.7. The van der Waals surface area contributed by atoms with Crippen LogP contribution >= 0.6 is 0 Å². The number of H-pyrrole nitrogens is 1. The third kappa shape index (κ3) is 2.41. The van der Waals surface area contributed by atoms with Gasteiger partial charge in [-0.2, -0.15) is 5.10 Å². The molecule has 2 aliphatic rings. The molecule has 0 fully saturated rings. The highest BCUT2D eigenvalue weighted by Crippen LogP contribution is 2.50. The number of aromatic nitrogens is 2. The molecule has 2 N–H and O–H groups in total. The molecule has 0 aliphatic carbocycles. The van der Waals surface area contributed by atoms with Gasteiger partial charge < -0.3 is 10.0 Å². The van der Waals surface area contributed by atoms with Crippen LogP contribution in [0.5, 0.6) is 0 Å². The van der Waals surface area contributed by atoms with Gasteiger partial charge in [-0.3, -0.25) is 5.10 Å². The van der Waals surface area contributed by atoms with Gasteiger partial charge in [-0.15, -0.1) is 0 Å². The summed E-state index contributed by atoms with van der Waals surface area (Å²) in [5.74, 6) is 0.673. The van der Waals surface area contributed by atoms with Crippen molar-refractivity contribution in [2.24, 2.45) is 9.98 Å². The van der Waals surface area contributed by atoms with E-state index in [1.54, 1.807) is 6.21 Å². The van der Waals surface area contributed by atoms with Gasteiger partial charge in [-0.25, -0.2) is 9.98 Å². The molecule has 0 amide bonds. The van der Waals surface area contributed by atoms with Crippen molar-refractivity contribution in [3.8, 4) is 0 Å². The maximum absolute atomic E-state index is 9.96. The lowest BCUT2D eigenvalue weighted by molar-refractivity contribution is 0.195. The van der Waals surface area contributed by atoms with Gasteiger partial charge in [-0.1, -0.05) is 36.4 Å². The van der Waals surface area contributed by atoms with Crippen molar-refractivity contribution in [3.05, 3.63) is 78.1 Å². The van der Waals surface area contributed by atoms with E-state index in [1.165, 1.54) is 0 Å². The Labute approximate surface area is 156 Å². The molecule has 2 atom stereocenters. The normalized spacial score (nSPS) is 23.7. The number of hydrogen-bond acceptors (Lipinski definition) is 5. The third-order valence-corrected chi connectivity index (χ3v) is 5.33. The zero-order chi connectivity index (χ0) is 18.3. The molecule has 2 aliphatic heterocycles. The van der Waals surface area contributed by atoms with Crippen LogP contribution in [0.25, 0.3) is 10.9 Å². The summed E-state index contributed by atoms with van der Waals surface area (Å²) < 4.78 is 0. The van der Waals surface area contributed by atoms with E-state index < -0.39 is 5.54 Å². The van der Waals surface area contributed by atoms with Gasteiger partial charge >= 0.3 is 0 Å². The van der Waals surface area contributed by atoms with Gasteiger partial charge in [0.1, 0.15) is 5.54 Å². The van der Waals surface area contributed by atoms with E-state index in [4.69, 9.17) is 4.99 Å². The zero-order valence-electron chi connectivity index (χ0n) is 14.7. The minimum Gasteiger partial charge on any atom is -0.396 e. The number of hydrogen-bond donors (Lipinski definition) is 2. The Morgan fingerprint density at radius 1 is 1.15 bits per heavy atom. The first-order valence-corrected chi connectivity index (χ1v) is 9.00. The summed E-state index contributed by atoms with van der Waals surface area (Å²) in [6, 6.07) is 16.4. The first kappa shape index (κ1) is 16.0. The number of benzene rings is 2. The van der Waals surface area contributed by atoms with Crippen LogP contribution < -0.4 is 0 Å². The van der Waals surface area contributed by atoms with Crippen molar-refractivity contribution in [2.75, 3.05) is 6.61 Å². The van der Waals surface area contributed by atoms with E-state index in [1.807, 2.05) is 42.7 Å². The first-order valence-electron chi connectivity index (χ1n) is 9.00. The second-order valence-corrected chi connectivity index (χ2v) is 6.82. The number of nitrogens with one attached hydrogen (secondary N) is 1. The first-order chi connectivity index (χ1) is 13.3. The van der Waals surface area contributed by atoms with Crippen LogP contribution in [0, 0.1) is 0 Å². The summed E-state index contributed by atoms with van der Waals surface area (Å²) in [5, 5.41) is 18.1. The number of aromatic amines is 1. The van der Waals surface area contributed by atoms with E-state index in [-0.39, 0.29) is 12.6 Å². The monoisotopic (exact) mass is 357 g/mol. The van der Waals surface area contributed by atoms with Crippen LogP contribution in [0.2, 0.25) is 0 Å². The number of nitrogens with zero attached hydrogens (tertiary/aromatic N) is 4. The highest BCUT2D eigenvalue weighted by atomic mass is 16.3. The lowest BCUT2D eigenvalue weighted by Crippen LogP contribution is -2.37. The van der Waals surface area contributed by atoms with E-state index in [9.17, 15) is 5.11 Å². The van der Waals surface area contributed by atoms with Gasteiger partial charge in [0.2, 0.25) is 5.96 Å². The fraction of sp³-hybridized carbons (Fsp3) is 0.190. The standard InChI is InChI=1S/C21H19N5O/c27-12-9-21(17-7-8-18-16(13-17)14-23-25-18)19(15-5-2-1-3-6-15)26-11-4-10-22-20(26)24-21/h1-8,10-11,13-14,19,27H,9,12H2,(H,23,25). The Morgan fingerprint density at radius 3 is 2.89 bits per heavy atom. The van der Waals surface area contributed by atoms with E-state index in [2.05, 4.69) is 44.4 Å². The van der Waals surface area contributed by atoms with Crippen molar-refractivity contribution in [1.82, 2.24) is 15.1 Å². The van der Waals surface area contributed by atoms with Crippen molar-refractivity contribution < 1.29 is 5.11 Å². The maximum Gasteiger partial charge on any atom is 0.226 e. The Kier molecular flexibility index (Phi) is 3.65. The Bertz CT molecular complexity index is 1070. The second-order valence-electron chi connectivity index (χ2n) is 6.82. The topological polar surface area (TPSA) is 76.9 Å². The number of aliphatic imine (C=N–C) groups is 2. The highest BCUT2D eigenvalue weighted by molar-refractivity contribution is 5.96. The van der Waals surface area contributed by atoms with Gasteiger partial charge in [-0.05, 0) is 29.3 Å². The predicted octanol–water partition coefficient (Wildman–Crippen LogP) is 3.15. The van der Waals surface area contributed by atoms with Crippen LogP contribution in [0.3, 0.4) is 0 Å². The van der Waals surface area contributed by atoms with Gasteiger partial charge in [0.15, 0.2) is 0 Å². The summed E-state index contributed by atoms with van der Waals surface area (Å²) in [5.41, 5.74) is 2.53. The number of aliphatic hydroxyl groups is 1. The maximum atomic E-state index is 9.96. The molecule has 0 radical (unpaired) electrons. The molecule has 1 aromatic heterocycles. The van der Waals surface area contributed by atoms with Gasteiger partial charge in [0.25, 0.3) is 0 Å². The second kappa shape index (κ2) is 6.17. The van der Waals surface area contributed by atoms with Crippen molar-refractivity contribution in [1.29, 1.82) is 0 Å². The largest absolute Gasteiger partial charge is 0.396 e. The van der Waals surface area contributed by atoms with Crippen LogP contribution in [-0.2, 0) is 5.54 Å². The Morgan fingerprint density at radius 2 is 2.04 bits per heavy atom. The summed E-state index contributed by atoms with van der Waals surface area (Å²) in [7, 11) is 0. The molecule has 134 valence electrons. The molecular formula is C21H19N5O. The van der Waals surface area contributed by atoms with Crippen LogP contribution in [-0.4, -0.2) is 39.0 Å². The molecule has 0 bridgehead atoms. The summed E-state index contributed by atoms with van der Waals surface area (Å²) in [6.45, 7) is 0.0325. The molecule has 5 rings (SSSR count). The fourth-order valence-corrected chi connectivity index (χ4v) is 4.15. The quantitative estimate of drug-likeness (QED) is 0.753. The van der Waals surface area contributed by atoms with Crippen LogP contribution in [0.15, 0.2) is 77.0 Å². The summed E-state index contributed by atoms with van der Waals surface area (Å²) >= 11 is 0. The molecule has 3 heterocycles. The van der Waals surface area contributed by atoms with E-state index >= 15 is 0 Å². The minimum atomic E-state index is -0.636. The molecule has 2 aromatic carbocycles. The SMILES string of the molecule is OCCC1(c2ccc3[nH]ncc3c2)N=C2N=CC=CN2C1c1ccccc1. The average Bonchev–Trinajstić information content (AvgIpc) is 3.31. The highest BCUT2D eigenvalue weighted by Gasteiger charge is 2.50. The molecule has 6 heteroatoms. The average molecular weight is 357 g/mol. The third-order valence-electron chi connectivity index (χ3n) is 5.33. The smallest absolute Gasteiger partial charge is 0.226 e. The molecule has 3 aromatic rings. The van der Waals surface area contributed by atoms with E-state index in [0.717, 1.165) is 22.0 Å². The van der Waals surface area contributed by atoms with Crippen LogP contribution in [0.4, 0.5) is 0 Å². The van der Waals surface area contributed by atoms with Crippen molar-refractivity contribution >= 4 is 23.1 Å². The van der Waals surface area contributed by atoms with Gasteiger partial charge in [0.05, 0.1) is 17.8 Å². The summed E-state index contributed by atoms with van der Waals surface area (Å²) in [6.07, 6.45) is 8.00. The lowest BCUT2D eigenvalue weighted by atomic mass is 9.77. The fourth-order valence-electron chi connectivity index (χ4n) is 4.15. The Balaban J connectivity index is 1.75. The van der Waals surface area contributed by atoms with Crippen molar-refractivity contribution in [3.63, 3.8) is 0 Å². The molecular weight excluding hydrogens is 338 g/mol. The summed E-state index contributed by atoms with van der Waals surface area (Å²) in [4.78, 5) is 11.6. The number of aliphatic hydroxyl groups excluding tert-OH is 1. The molecule has 27 heavy (non-hydrogen) atoms. The number of fused-ring (bicyclic) bond motifs is 2. The van der Waals surface area contributed by atoms with Gasteiger partial charge in [0, 0.05) is 30.8 Å². The Hall–Kier alpha value is -3.25. The predicted molar refractivity (Wildman–Crippen MR) is 106 cm³/mol. The molecule has 0 saturated heterocycles. The molecule has 0 spiro atoms. The minimum absolute atomic E-state index is 0.0325. The number of guanidine groups is 1. The van der Waals surface area contributed by atoms with Crippen molar-refractivity contribution in [2.45, 2.75) is 18.0 Å². The number of allylic oxidation sites excluding steroid dienone is 1. The molecule has 2 unspecified atom stereocenters. The lowest BCUT2D eigenvalue weighted by Gasteiger charge is -2.37. The molecule has 0 saturated carbocycles. The number of rotatable bonds is 4. The van der Waals surface area contributed by atoms with Crippen LogP contribution in [0.1, 0.15) is 23.6 Å². The molecule has 6 nitrogen and oxygen atoms in total. The van der Waals surface area contributed by atoms with E-state index in [0.29, 0.717) is 12.4 Å².